The maximum absolute atomic E-state index is 12.2. The van der Waals surface area contributed by atoms with E-state index in [4.69, 9.17) is 0 Å². The summed E-state index contributed by atoms with van der Waals surface area (Å²) in [6, 6.07) is 0. The van der Waals surface area contributed by atoms with Gasteiger partial charge in [0.15, 0.2) is 0 Å². The highest BCUT2D eigenvalue weighted by Crippen LogP contribution is 2.10. The van der Waals surface area contributed by atoms with Crippen molar-refractivity contribution in [3.05, 3.63) is 21.6 Å². The summed E-state index contributed by atoms with van der Waals surface area (Å²) in [6.07, 6.45) is 7.54. The van der Waals surface area contributed by atoms with Gasteiger partial charge in [-0.25, -0.2) is 0 Å². The average molecular weight is 238 g/mol. The molecule has 0 amide bonds. The number of hydrogen-bond donors (Lipinski definition) is 1. The Bertz CT molecular complexity index is 376. The lowest BCUT2D eigenvalue weighted by Crippen LogP contribution is -2.18. The fourth-order valence-corrected chi connectivity index (χ4v) is 2.13. The Balaban J connectivity index is 2.90. The SMILES string of the molecule is CCCCc1[nH]n(CCC)c(=O)c1CCCC. The van der Waals surface area contributed by atoms with E-state index in [1.807, 2.05) is 0 Å². The van der Waals surface area contributed by atoms with Gasteiger partial charge in [-0.15, -0.1) is 0 Å². The number of hydrogen-bond acceptors (Lipinski definition) is 1. The van der Waals surface area contributed by atoms with E-state index in [0.29, 0.717) is 0 Å². The van der Waals surface area contributed by atoms with Crippen LogP contribution in [0.1, 0.15) is 64.1 Å². The summed E-state index contributed by atoms with van der Waals surface area (Å²) < 4.78 is 1.79. The van der Waals surface area contributed by atoms with Crippen molar-refractivity contribution in [2.45, 2.75) is 72.3 Å². The fraction of sp³-hybridized carbons (Fsp3) is 0.786. The van der Waals surface area contributed by atoms with E-state index < -0.39 is 0 Å². The molecule has 0 aromatic carbocycles. The normalized spacial score (nSPS) is 11.0. The molecule has 0 bridgehead atoms. The maximum Gasteiger partial charge on any atom is 0.269 e. The fourth-order valence-electron chi connectivity index (χ4n) is 2.13. The van der Waals surface area contributed by atoms with Crippen molar-refractivity contribution in [1.82, 2.24) is 9.78 Å². The molecule has 0 aliphatic rings. The first kappa shape index (κ1) is 14.1. The van der Waals surface area contributed by atoms with E-state index in [1.165, 1.54) is 12.1 Å². The summed E-state index contributed by atoms with van der Waals surface area (Å²) in [7, 11) is 0. The van der Waals surface area contributed by atoms with E-state index >= 15 is 0 Å². The number of aryl methyl sites for hydroxylation is 2. The number of H-pyrrole nitrogens is 1. The zero-order valence-electron chi connectivity index (χ0n) is 11.5. The monoisotopic (exact) mass is 238 g/mol. The summed E-state index contributed by atoms with van der Waals surface area (Å²) in [6.45, 7) is 7.27. The van der Waals surface area contributed by atoms with Crippen molar-refractivity contribution >= 4 is 0 Å². The second kappa shape index (κ2) is 7.36. The van der Waals surface area contributed by atoms with Crippen LogP contribution < -0.4 is 5.56 Å². The zero-order chi connectivity index (χ0) is 12.7. The Kier molecular flexibility index (Phi) is 6.09. The molecular weight excluding hydrogens is 212 g/mol. The van der Waals surface area contributed by atoms with Gasteiger partial charge >= 0.3 is 0 Å². The number of nitrogens with one attached hydrogen (secondary N) is 1. The first-order valence-corrected chi connectivity index (χ1v) is 7.05. The third-order valence-corrected chi connectivity index (χ3v) is 3.15. The third-order valence-electron chi connectivity index (χ3n) is 3.15. The molecule has 0 saturated heterocycles. The van der Waals surface area contributed by atoms with Crippen LogP contribution in [-0.2, 0) is 19.4 Å². The van der Waals surface area contributed by atoms with Crippen LogP contribution >= 0.6 is 0 Å². The molecule has 1 aromatic rings. The molecule has 1 N–H and O–H groups in total. The van der Waals surface area contributed by atoms with Gasteiger partial charge in [0.25, 0.3) is 5.56 Å². The molecule has 0 spiro atoms. The van der Waals surface area contributed by atoms with Gasteiger partial charge in [-0.1, -0.05) is 33.6 Å². The average Bonchev–Trinajstić information content (AvgIpc) is 2.62. The molecule has 1 rings (SSSR count). The second-order valence-corrected chi connectivity index (χ2v) is 4.73. The minimum atomic E-state index is 0.214. The Hall–Kier alpha value is -0.990. The summed E-state index contributed by atoms with van der Waals surface area (Å²) in [5, 5.41) is 3.30. The van der Waals surface area contributed by atoms with Crippen molar-refractivity contribution in [1.29, 1.82) is 0 Å². The summed E-state index contributed by atoms with van der Waals surface area (Å²) >= 11 is 0. The molecule has 3 heteroatoms. The minimum Gasteiger partial charge on any atom is -0.299 e. The Morgan fingerprint density at radius 3 is 2.24 bits per heavy atom. The Labute approximate surface area is 104 Å². The summed E-state index contributed by atoms with van der Waals surface area (Å²) in [5.74, 6) is 0. The van der Waals surface area contributed by atoms with Crippen molar-refractivity contribution < 1.29 is 0 Å². The van der Waals surface area contributed by atoms with Crippen molar-refractivity contribution in [3.63, 3.8) is 0 Å². The summed E-state index contributed by atoms with van der Waals surface area (Å²) in [5.41, 5.74) is 2.43. The molecule has 1 heterocycles. The molecule has 0 aliphatic heterocycles. The van der Waals surface area contributed by atoms with Crippen molar-refractivity contribution in [3.8, 4) is 0 Å². The number of aromatic amines is 1. The highest BCUT2D eigenvalue weighted by Gasteiger charge is 2.12. The van der Waals surface area contributed by atoms with Gasteiger partial charge in [0, 0.05) is 17.8 Å². The number of rotatable bonds is 8. The van der Waals surface area contributed by atoms with Crippen LogP contribution in [-0.4, -0.2) is 9.78 Å². The molecule has 17 heavy (non-hydrogen) atoms. The van der Waals surface area contributed by atoms with Gasteiger partial charge in [-0.05, 0) is 32.1 Å². The maximum atomic E-state index is 12.2. The smallest absolute Gasteiger partial charge is 0.269 e. The molecule has 0 aliphatic carbocycles. The van der Waals surface area contributed by atoms with Crippen LogP contribution in [0.2, 0.25) is 0 Å². The lowest BCUT2D eigenvalue weighted by molar-refractivity contribution is 0.575. The molecule has 98 valence electrons. The molecule has 0 unspecified atom stereocenters. The molecule has 0 atom stereocenters. The van der Waals surface area contributed by atoms with E-state index in [0.717, 1.165) is 50.6 Å². The van der Waals surface area contributed by atoms with E-state index in [2.05, 4.69) is 25.9 Å². The lowest BCUT2D eigenvalue weighted by atomic mass is 10.1. The number of unbranched alkanes of at least 4 members (excludes halogenated alkanes) is 2. The predicted octanol–water partition coefficient (Wildman–Crippen LogP) is 3.27. The van der Waals surface area contributed by atoms with Gasteiger partial charge in [-0.3, -0.25) is 14.6 Å². The number of nitrogens with zero attached hydrogens (tertiary/aromatic N) is 1. The molecular formula is C14H26N2O. The Morgan fingerprint density at radius 2 is 1.65 bits per heavy atom. The lowest BCUT2D eigenvalue weighted by Gasteiger charge is -2.00. The highest BCUT2D eigenvalue weighted by molar-refractivity contribution is 5.18. The number of aromatic nitrogens is 2. The molecule has 0 fully saturated rings. The Morgan fingerprint density at radius 1 is 1.00 bits per heavy atom. The van der Waals surface area contributed by atoms with Gasteiger partial charge in [0.05, 0.1) is 0 Å². The quantitative estimate of drug-likeness (QED) is 0.741. The van der Waals surface area contributed by atoms with Gasteiger partial charge in [0.1, 0.15) is 0 Å². The minimum absolute atomic E-state index is 0.214. The van der Waals surface area contributed by atoms with Gasteiger partial charge < -0.3 is 0 Å². The van der Waals surface area contributed by atoms with Crippen LogP contribution in [0.3, 0.4) is 0 Å². The second-order valence-electron chi connectivity index (χ2n) is 4.73. The standard InChI is InChI=1S/C14H26N2O/c1-4-7-9-12-13(10-8-5-2)15-16(11-6-3)14(12)17/h15H,4-11H2,1-3H3. The molecule has 0 saturated carbocycles. The van der Waals surface area contributed by atoms with Crippen LogP contribution in [0.25, 0.3) is 0 Å². The van der Waals surface area contributed by atoms with Crippen LogP contribution in [0.15, 0.2) is 4.79 Å². The van der Waals surface area contributed by atoms with Crippen molar-refractivity contribution in [2.24, 2.45) is 0 Å². The van der Waals surface area contributed by atoms with Gasteiger partial charge in [0.2, 0.25) is 0 Å². The summed E-state index contributed by atoms with van der Waals surface area (Å²) in [4.78, 5) is 12.2. The predicted molar refractivity (Wildman–Crippen MR) is 72.6 cm³/mol. The molecule has 1 aromatic heterocycles. The van der Waals surface area contributed by atoms with E-state index in [-0.39, 0.29) is 5.56 Å². The highest BCUT2D eigenvalue weighted by atomic mass is 16.1. The zero-order valence-corrected chi connectivity index (χ0v) is 11.5. The largest absolute Gasteiger partial charge is 0.299 e. The van der Waals surface area contributed by atoms with Crippen molar-refractivity contribution in [2.75, 3.05) is 0 Å². The van der Waals surface area contributed by atoms with Gasteiger partial charge in [-0.2, -0.15) is 0 Å². The van der Waals surface area contributed by atoms with E-state index in [1.54, 1.807) is 4.68 Å². The van der Waals surface area contributed by atoms with Crippen LogP contribution in [0.4, 0.5) is 0 Å². The molecule has 3 nitrogen and oxygen atoms in total. The van der Waals surface area contributed by atoms with E-state index in [9.17, 15) is 4.79 Å². The molecule has 0 radical (unpaired) electrons. The van der Waals surface area contributed by atoms with Crippen LogP contribution in [0, 0.1) is 0 Å². The van der Waals surface area contributed by atoms with Crippen LogP contribution in [0.5, 0.6) is 0 Å². The first-order chi connectivity index (χ1) is 8.24. The third kappa shape index (κ3) is 3.76. The topological polar surface area (TPSA) is 37.8 Å². The first-order valence-electron chi connectivity index (χ1n) is 7.05.